The number of carboxylic acid groups (broad SMARTS) is 1. The fourth-order valence-corrected chi connectivity index (χ4v) is 7.20. The number of halogens is 1. The van der Waals surface area contributed by atoms with Crippen LogP contribution in [0.1, 0.15) is 19.3 Å². The highest BCUT2D eigenvalue weighted by molar-refractivity contribution is 8.16. The Bertz CT molecular complexity index is 871. The van der Waals surface area contributed by atoms with E-state index >= 15 is 0 Å². The lowest BCUT2D eigenvalue weighted by atomic mass is 10.2. The summed E-state index contributed by atoms with van der Waals surface area (Å²) in [5, 5.41) is 9.32. The number of carboxylic acids is 1. The third-order valence-corrected chi connectivity index (χ3v) is 7.71. The zero-order valence-corrected chi connectivity index (χ0v) is 16.1. The van der Waals surface area contributed by atoms with Gasteiger partial charge in [0.05, 0.1) is 28.3 Å². The van der Waals surface area contributed by atoms with Gasteiger partial charge >= 0.3 is 5.97 Å². The molecule has 1 aromatic carbocycles. The van der Waals surface area contributed by atoms with Crippen molar-refractivity contribution in [3.8, 4) is 0 Å². The quantitative estimate of drug-likeness (QED) is 0.784. The molecule has 2 aliphatic rings. The van der Waals surface area contributed by atoms with Crippen LogP contribution in [0.15, 0.2) is 29.3 Å². The maximum Gasteiger partial charge on any atom is 0.303 e. The van der Waals surface area contributed by atoms with Crippen molar-refractivity contribution in [3.63, 3.8) is 0 Å². The first-order chi connectivity index (χ1) is 12.3. The number of rotatable bonds is 5. The molecule has 2 atom stereocenters. The van der Waals surface area contributed by atoms with E-state index in [1.807, 2.05) is 0 Å². The molecule has 2 heterocycles. The Hall–Kier alpha value is -1.58. The standard InChI is InChI=1S/C16H17ClN2O5S2/c17-10-4-1-2-5-11(10)19-12-8-26(23,24)9-13(12)25-16(19)18-14(20)6-3-7-15(21)22/h1-2,4-5,12-13H,3,6-9H2,(H,21,22). The van der Waals surface area contributed by atoms with Gasteiger partial charge in [-0.3, -0.25) is 9.59 Å². The van der Waals surface area contributed by atoms with Gasteiger partial charge in [0.15, 0.2) is 15.0 Å². The second-order valence-electron chi connectivity index (χ2n) is 6.16. The van der Waals surface area contributed by atoms with Gasteiger partial charge in [0, 0.05) is 18.1 Å². The number of sulfone groups is 1. The molecule has 0 bridgehead atoms. The Balaban J connectivity index is 1.87. The van der Waals surface area contributed by atoms with E-state index in [1.165, 1.54) is 11.8 Å². The molecule has 3 rings (SSSR count). The van der Waals surface area contributed by atoms with Crippen LogP contribution in [0.5, 0.6) is 0 Å². The predicted octanol–water partition coefficient (Wildman–Crippen LogP) is 2.20. The van der Waals surface area contributed by atoms with Crippen molar-refractivity contribution in [2.24, 2.45) is 4.99 Å². The van der Waals surface area contributed by atoms with E-state index in [1.54, 1.807) is 29.2 Å². The largest absolute Gasteiger partial charge is 0.481 e. The van der Waals surface area contributed by atoms with E-state index in [-0.39, 0.29) is 42.1 Å². The highest BCUT2D eigenvalue weighted by Gasteiger charge is 2.49. The number of hydrogen-bond donors (Lipinski definition) is 1. The summed E-state index contributed by atoms with van der Waals surface area (Å²) in [6.07, 6.45) is 0.144. The topological polar surface area (TPSA) is 104 Å². The number of nitrogens with zero attached hydrogens (tertiary/aromatic N) is 2. The first-order valence-electron chi connectivity index (χ1n) is 8.01. The summed E-state index contributed by atoms with van der Waals surface area (Å²) in [6, 6.07) is 6.70. The maximum absolute atomic E-state index is 12.1. The minimum absolute atomic E-state index is 0.0118. The van der Waals surface area contributed by atoms with Gasteiger partial charge in [0.2, 0.25) is 5.91 Å². The fraction of sp³-hybridized carbons (Fsp3) is 0.438. The van der Waals surface area contributed by atoms with Crippen LogP contribution >= 0.6 is 23.4 Å². The minimum atomic E-state index is -3.15. The van der Waals surface area contributed by atoms with E-state index in [0.29, 0.717) is 15.9 Å². The number of amides is 1. The van der Waals surface area contributed by atoms with Crippen LogP contribution in [0.2, 0.25) is 5.02 Å². The van der Waals surface area contributed by atoms with E-state index in [0.717, 1.165) is 0 Å². The molecule has 10 heteroatoms. The van der Waals surface area contributed by atoms with Crippen molar-refractivity contribution < 1.29 is 23.1 Å². The Labute approximate surface area is 160 Å². The Morgan fingerprint density at radius 2 is 2.00 bits per heavy atom. The Morgan fingerprint density at radius 1 is 1.27 bits per heavy atom. The molecule has 1 amide bonds. The van der Waals surface area contributed by atoms with Crippen LogP contribution in [0.25, 0.3) is 0 Å². The highest BCUT2D eigenvalue weighted by atomic mass is 35.5. The van der Waals surface area contributed by atoms with Crippen LogP contribution < -0.4 is 4.90 Å². The second-order valence-corrected chi connectivity index (χ2v) is 9.92. The van der Waals surface area contributed by atoms with Gasteiger partial charge in [-0.25, -0.2) is 8.42 Å². The lowest BCUT2D eigenvalue weighted by Gasteiger charge is -2.25. The van der Waals surface area contributed by atoms with Crippen molar-refractivity contribution in [3.05, 3.63) is 29.3 Å². The Morgan fingerprint density at radius 3 is 2.69 bits per heavy atom. The number of thioether (sulfide) groups is 1. The van der Waals surface area contributed by atoms with Crippen LogP contribution in [-0.2, 0) is 19.4 Å². The number of amidine groups is 1. The molecule has 0 aromatic heterocycles. The first-order valence-corrected chi connectivity index (χ1v) is 11.1. The zero-order valence-electron chi connectivity index (χ0n) is 13.7. The van der Waals surface area contributed by atoms with Crippen LogP contribution in [0.3, 0.4) is 0 Å². The van der Waals surface area contributed by atoms with Crippen LogP contribution in [0, 0.1) is 0 Å². The van der Waals surface area contributed by atoms with E-state index in [2.05, 4.69) is 4.99 Å². The number of aliphatic imine (C=N–C) groups is 1. The van der Waals surface area contributed by atoms with Gasteiger partial charge in [0.1, 0.15) is 0 Å². The zero-order chi connectivity index (χ0) is 18.9. The molecule has 0 aliphatic carbocycles. The number of carbonyl (C=O) groups is 2. The molecule has 2 unspecified atom stereocenters. The lowest BCUT2D eigenvalue weighted by Crippen LogP contribution is -2.37. The predicted molar refractivity (Wildman–Crippen MR) is 102 cm³/mol. The van der Waals surface area contributed by atoms with Gasteiger partial charge in [0.25, 0.3) is 0 Å². The third-order valence-electron chi connectivity index (χ3n) is 4.18. The number of hydrogen-bond acceptors (Lipinski definition) is 5. The van der Waals surface area contributed by atoms with Crippen molar-refractivity contribution in [2.45, 2.75) is 30.6 Å². The molecule has 7 nitrogen and oxygen atoms in total. The molecule has 0 saturated carbocycles. The minimum Gasteiger partial charge on any atom is -0.481 e. The summed E-state index contributed by atoms with van der Waals surface area (Å²) in [5.41, 5.74) is 0.614. The van der Waals surface area contributed by atoms with Crippen LogP contribution in [0.4, 0.5) is 5.69 Å². The first kappa shape index (κ1) is 19.2. The summed E-state index contributed by atoms with van der Waals surface area (Å²) < 4.78 is 24.0. The van der Waals surface area contributed by atoms with Gasteiger partial charge in [-0.15, -0.1) is 0 Å². The average molecular weight is 417 g/mol. The number of para-hydroxylation sites is 1. The van der Waals surface area contributed by atoms with E-state index < -0.39 is 21.7 Å². The van der Waals surface area contributed by atoms with Gasteiger partial charge in [-0.1, -0.05) is 35.5 Å². The SMILES string of the molecule is O=C(O)CCCC(=O)N=C1SC2CS(=O)(=O)CC2N1c1ccccc1Cl. The monoisotopic (exact) mass is 416 g/mol. The molecule has 2 aliphatic heterocycles. The molecule has 140 valence electrons. The summed E-state index contributed by atoms with van der Waals surface area (Å²) in [5.74, 6) is -1.36. The second kappa shape index (κ2) is 7.58. The van der Waals surface area contributed by atoms with Gasteiger partial charge in [-0.2, -0.15) is 4.99 Å². The van der Waals surface area contributed by atoms with Crippen molar-refractivity contribution in [1.29, 1.82) is 0 Å². The lowest BCUT2D eigenvalue weighted by molar-refractivity contribution is -0.137. The molecule has 1 aromatic rings. The van der Waals surface area contributed by atoms with Crippen molar-refractivity contribution in [1.82, 2.24) is 0 Å². The Kier molecular flexibility index (Phi) is 5.59. The number of aliphatic carboxylic acids is 1. The molecule has 0 spiro atoms. The highest BCUT2D eigenvalue weighted by Crippen LogP contribution is 2.42. The summed E-state index contributed by atoms with van der Waals surface area (Å²) in [6.45, 7) is 0. The molecular weight excluding hydrogens is 400 g/mol. The number of anilines is 1. The number of benzene rings is 1. The van der Waals surface area contributed by atoms with Gasteiger partial charge < -0.3 is 10.0 Å². The number of fused-ring (bicyclic) bond motifs is 1. The summed E-state index contributed by atoms with van der Waals surface area (Å²) in [4.78, 5) is 28.5. The van der Waals surface area contributed by atoms with Crippen molar-refractivity contribution >= 4 is 55.9 Å². The maximum atomic E-state index is 12.1. The third kappa shape index (κ3) is 4.21. The molecule has 2 fully saturated rings. The molecular formula is C16H17ClN2O5S2. The molecule has 26 heavy (non-hydrogen) atoms. The van der Waals surface area contributed by atoms with E-state index in [9.17, 15) is 18.0 Å². The molecule has 2 saturated heterocycles. The normalized spacial score (nSPS) is 25.4. The molecule has 1 N–H and O–H groups in total. The fourth-order valence-electron chi connectivity index (χ4n) is 3.05. The van der Waals surface area contributed by atoms with Crippen LogP contribution in [-0.4, -0.2) is 53.4 Å². The van der Waals surface area contributed by atoms with Crippen molar-refractivity contribution in [2.75, 3.05) is 16.4 Å². The van der Waals surface area contributed by atoms with E-state index in [4.69, 9.17) is 16.7 Å². The average Bonchev–Trinajstić information content (AvgIpc) is 2.98. The summed E-state index contributed by atoms with van der Waals surface area (Å²) in [7, 11) is -3.15. The summed E-state index contributed by atoms with van der Waals surface area (Å²) >= 11 is 7.54. The van der Waals surface area contributed by atoms with Gasteiger partial charge in [-0.05, 0) is 18.6 Å². The number of carbonyl (C=O) groups excluding carboxylic acids is 1. The molecule has 0 radical (unpaired) electrons. The smallest absolute Gasteiger partial charge is 0.303 e.